The zero-order valence-electron chi connectivity index (χ0n) is 18.5. The van der Waals surface area contributed by atoms with E-state index in [0.717, 1.165) is 12.8 Å². The molecule has 0 saturated heterocycles. The minimum absolute atomic E-state index is 0.0544. The number of aromatic nitrogens is 2. The molecule has 0 spiro atoms. The Balaban J connectivity index is 1.81. The van der Waals surface area contributed by atoms with Crippen molar-refractivity contribution >= 4 is 40.7 Å². The number of nitrogens with zero attached hydrogens (tertiary/aromatic N) is 2. The maximum Gasteiger partial charge on any atom is 0.435 e. The van der Waals surface area contributed by atoms with E-state index in [1.807, 2.05) is 0 Å². The molecule has 0 bridgehead atoms. The largest absolute Gasteiger partial charge is 0.435 e. The number of halogens is 10. The van der Waals surface area contributed by atoms with E-state index in [-0.39, 0.29) is 51.5 Å². The van der Waals surface area contributed by atoms with E-state index in [4.69, 9.17) is 34.8 Å². The lowest BCUT2D eigenvalue weighted by molar-refractivity contribution is -0.348. The molecule has 1 amide bonds. The lowest BCUT2D eigenvalue weighted by Gasteiger charge is -2.30. The molecule has 0 unspecified atom stereocenters. The van der Waals surface area contributed by atoms with Crippen molar-refractivity contribution in [3.8, 4) is 22.4 Å². The molecule has 0 aliphatic heterocycles. The number of hydrogen-bond donors (Lipinski definition) is 1. The average molecular weight is 589 g/mol. The third kappa shape index (κ3) is 4.77. The highest BCUT2D eigenvalue weighted by atomic mass is 35.5. The van der Waals surface area contributed by atoms with Gasteiger partial charge in [-0.3, -0.25) is 9.89 Å². The lowest BCUT2D eigenvalue weighted by Crippen LogP contribution is -2.50. The summed E-state index contributed by atoms with van der Waals surface area (Å²) in [7, 11) is 1.64. The van der Waals surface area contributed by atoms with Crippen molar-refractivity contribution in [2.45, 2.75) is 36.9 Å². The maximum atomic E-state index is 14.6. The fraction of sp³-hybridized carbons (Fsp3) is 0.304. The number of benzene rings is 2. The Hall–Kier alpha value is -2.50. The van der Waals surface area contributed by atoms with Crippen LogP contribution in [-0.4, -0.2) is 46.4 Å². The molecule has 1 aromatic heterocycles. The van der Waals surface area contributed by atoms with E-state index >= 15 is 0 Å². The predicted molar refractivity (Wildman–Crippen MR) is 125 cm³/mol. The van der Waals surface area contributed by atoms with Gasteiger partial charge in [-0.2, -0.15) is 31.4 Å². The number of alkyl halides is 7. The monoisotopic (exact) mass is 587 g/mol. The van der Waals surface area contributed by atoms with Gasteiger partial charge >= 0.3 is 18.0 Å². The van der Waals surface area contributed by atoms with Crippen molar-refractivity contribution in [1.82, 2.24) is 15.1 Å². The molecule has 198 valence electrons. The van der Waals surface area contributed by atoms with Crippen LogP contribution in [-0.2, 0) is 5.67 Å². The average Bonchev–Trinajstić information content (AvgIpc) is 3.54. The van der Waals surface area contributed by atoms with Gasteiger partial charge in [-0.25, -0.2) is 4.39 Å². The van der Waals surface area contributed by atoms with Crippen LogP contribution in [0.25, 0.3) is 22.4 Å². The highest BCUT2D eigenvalue weighted by Gasteiger charge is 2.73. The quantitative estimate of drug-likeness (QED) is 0.305. The summed E-state index contributed by atoms with van der Waals surface area (Å²) in [4.78, 5) is 14.4. The first-order valence-corrected chi connectivity index (χ1v) is 11.6. The van der Waals surface area contributed by atoms with Crippen molar-refractivity contribution in [3.05, 3.63) is 62.7 Å². The summed E-state index contributed by atoms with van der Waals surface area (Å²) in [5.74, 6) is -0.335. The minimum atomic E-state index is -6.34. The first-order valence-electron chi connectivity index (χ1n) is 10.5. The second-order valence-electron chi connectivity index (χ2n) is 8.46. The SMILES string of the molecule is CN(C(=O)c1cc(-c2c[nH]nc2-c2c(Cl)cc(C(F)(C(F)(F)F)C(F)(F)F)cc2Cl)ccc1Cl)C1CC1. The minimum Gasteiger partial charge on any atom is -0.339 e. The second-order valence-corrected chi connectivity index (χ2v) is 9.68. The van der Waals surface area contributed by atoms with Crippen LogP contribution in [0.2, 0.25) is 15.1 Å². The molecule has 1 saturated carbocycles. The number of amides is 1. The summed E-state index contributed by atoms with van der Waals surface area (Å²) >= 11 is 18.4. The van der Waals surface area contributed by atoms with E-state index in [1.54, 1.807) is 11.9 Å². The molecule has 4 rings (SSSR count). The van der Waals surface area contributed by atoms with Crippen LogP contribution in [0.15, 0.2) is 36.5 Å². The van der Waals surface area contributed by atoms with Gasteiger partial charge in [0, 0.05) is 36.0 Å². The number of nitrogens with one attached hydrogen (secondary N) is 1. The topological polar surface area (TPSA) is 49.0 Å². The number of hydrogen-bond acceptors (Lipinski definition) is 2. The molecule has 1 N–H and O–H groups in total. The molecule has 1 heterocycles. The number of H-pyrrole nitrogens is 1. The zero-order chi connectivity index (χ0) is 27.5. The smallest absolute Gasteiger partial charge is 0.339 e. The summed E-state index contributed by atoms with van der Waals surface area (Å²) in [6.07, 6.45) is -9.58. The fourth-order valence-electron chi connectivity index (χ4n) is 3.86. The Morgan fingerprint density at radius 2 is 1.51 bits per heavy atom. The molecule has 14 heteroatoms. The third-order valence-corrected chi connectivity index (χ3v) is 6.95. The van der Waals surface area contributed by atoms with Gasteiger partial charge < -0.3 is 4.90 Å². The van der Waals surface area contributed by atoms with E-state index in [9.17, 15) is 35.5 Å². The van der Waals surface area contributed by atoms with Gasteiger partial charge in [0.1, 0.15) is 5.69 Å². The maximum absolute atomic E-state index is 14.6. The van der Waals surface area contributed by atoms with Gasteiger partial charge in [0.15, 0.2) is 0 Å². The first kappa shape index (κ1) is 27.5. The van der Waals surface area contributed by atoms with E-state index in [1.165, 1.54) is 24.4 Å². The van der Waals surface area contributed by atoms with Gasteiger partial charge in [0.2, 0.25) is 0 Å². The Labute approximate surface area is 220 Å². The van der Waals surface area contributed by atoms with Crippen LogP contribution in [0.4, 0.5) is 30.7 Å². The van der Waals surface area contributed by atoms with Crippen molar-refractivity contribution < 1.29 is 35.5 Å². The summed E-state index contributed by atoms with van der Waals surface area (Å²) < 4.78 is 93.9. The van der Waals surface area contributed by atoms with Crippen LogP contribution in [0, 0.1) is 0 Å². The molecule has 0 atom stereocenters. The van der Waals surface area contributed by atoms with E-state index < -0.39 is 33.6 Å². The normalized spacial score (nSPS) is 14.7. The molecule has 2 aromatic carbocycles. The van der Waals surface area contributed by atoms with Gasteiger partial charge in [-0.1, -0.05) is 40.9 Å². The lowest BCUT2D eigenvalue weighted by atomic mass is 9.92. The summed E-state index contributed by atoms with van der Waals surface area (Å²) in [6, 6.07) is 4.98. The van der Waals surface area contributed by atoms with Crippen LogP contribution < -0.4 is 0 Å². The number of carbonyl (C=O) groups excluding carboxylic acids is 1. The van der Waals surface area contributed by atoms with Crippen LogP contribution in [0.1, 0.15) is 28.8 Å². The molecular weight excluding hydrogens is 574 g/mol. The highest BCUT2D eigenvalue weighted by Crippen LogP contribution is 2.55. The molecule has 1 aliphatic carbocycles. The Morgan fingerprint density at radius 1 is 0.946 bits per heavy atom. The standard InChI is InChI=1S/C23H15Cl3F7N3O/c1-36(12-3-4-12)20(37)13-6-10(2-5-15(13)24)14-9-34-35-19(14)18-16(25)7-11(8-17(18)26)21(27,22(28,29)30)23(31,32)33/h2,5-9,12H,3-4H2,1H3,(H,34,35). The molecule has 0 radical (unpaired) electrons. The van der Waals surface area contributed by atoms with Crippen LogP contribution in [0.5, 0.6) is 0 Å². The number of aromatic amines is 1. The molecule has 4 nitrogen and oxygen atoms in total. The van der Waals surface area contributed by atoms with Gasteiger partial charge in [0.25, 0.3) is 5.91 Å². The number of rotatable bonds is 5. The van der Waals surface area contributed by atoms with Gasteiger partial charge in [0.05, 0.1) is 20.6 Å². The molecule has 1 fully saturated rings. The van der Waals surface area contributed by atoms with Crippen molar-refractivity contribution in [2.75, 3.05) is 7.05 Å². The Morgan fingerprint density at radius 3 is 2.03 bits per heavy atom. The first-order chi connectivity index (χ1) is 17.1. The van der Waals surface area contributed by atoms with Crippen LogP contribution >= 0.6 is 34.8 Å². The fourth-order valence-corrected chi connectivity index (χ4v) is 4.73. The molecule has 37 heavy (non-hydrogen) atoms. The van der Waals surface area contributed by atoms with E-state index in [0.29, 0.717) is 5.56 Å². The highest BCUT2D eigenvalue weighted by molar-refractivity contribution is 6.39. The van der Waals surface area contributed by atoms with Crippen molar-refractivity contribution in [2.24, 2.45) is 0 Å². The molecule has 1 aliphatic rings. The van der Waals surface area contributed by atoms with Crippen molar-refractivity contribution in [1.29, 1.82) is 0 Å². The van der Waals surface area contributed by atoms with Gasteiger partial charge in [-0.15, -0.1) is 0 Å². The Bertz CT molecular complexity index is 1330. The summed E-state index contributed by atoms with van der Waals surface area (Å²) in [6.45, 7) is 0. The third-order valence-electron chi connectivity index (χ3n) is 6.02. The zero-order valence-corrected chi connectivity index (χ0v) is 20.8. The van der Waals surface area contributed by atoms with Crippen LogP contribution in [0.3, 0.4) is 0 Å². The predicted octanol–water partition coefficient (Wildman–Crippen LogP) is 8.23. The second kappa shape index (κ2) is 9.36. The van der Waals surface area contributed by atoms with Crippen molar-refractivity contribution in [3.63, 3.8) is 0 Å². The molecular formula is C23H15Cl3F7N3O. The van der Waals surface area contributed by atoms with Gasteiger partial charge in [-0.05, 0) is 42.7 Å². The Kier molecular flexibility index (Phi) is 6.96. The summed E-state index contributed by atoms with van der Waals surface area (Å²) in [5.41, 5.74) is -7.03. The number of carbonyl (C=O) groups is 1. The molecule has 3 aromatic rings. The van der Waals surface area contributed by atoms with E-state index in [2.05, 4.69) is 10.2 Å². The summed E-state index contributed by atoms with van der Waals surface area (Å²) in [5, 5.41) is 5.28.